The van der Waals surface area contributed by atoms with Gasteiger partial charge in [0.25, 0.3) is 15.9 Å². The summed E-state index contributed by atoms with van der Waals surface area (Å²) in [5.74, 6) is -0.924. The number of methoxy groups -OCH3 is 1. The summed E-state index contributed by atoms with van der Waals surface area (Å²) in [5, 5.41) is 3.11. The van der Waals surface area contributed by atoms with Gasteiger partial charge in [-0.1, -0.05) is 17.7 Å². The Bertz CT molecular complexity index is 1180. The fourth-order valence-corrected chi connectivity index (χ4v) is 3.75. The number of carbonyl (C=O) groups is 2. The van der Waals surface area contributed by atoms with E-state index in [-0.39, 0.29) is 4.90 Å². The average molecular weight is 445 g/mol. The van der Waals surface area contributed by atoms with Crippen molar-refractivity contribution in [2.24, 2.45) is 0 Å². The quantitative estimate of drug-likeness (QED) is 0.555. The Hall–Kier alpha value is -3.36. The highest BCUT2D eigenvalue weighted by Gasteiger charge is 2.15. The van der Waals surface area contributed by atoms with Gasteiger partial charge in [-0.15, -0.1) is 0 Å². The third-order valence-electron chi connectivity index (χ3n) is 4.06. The van der Waals surface area contributed by atoms with Crippen molar-refractivity contribution in [2.45, 2.75) is 4.90 Å². The van der Waals surface area contributed by atoms with Gasteiger partial charge in [-0.3, -0.25) is 9.52 Å². The standard InChI is InChI=1S/C21H17ClN2O5S/c1-29-21(26)15-3-2-4-18(13-15)23-20(25)14-5-9-17(10-6-14)24-30(27,28)19-11-7-16(22)8-12-19/h2-13,24H,1H3,(H,23,25). The van der Waals surface area contributed by atoms with Crippen molar-refractivity contribution in [3.05, 3.63) is 88.9 Å². The van der Waals surface area contributed by atoms with E-state index in [1.54, 1.807) is 18.2 Å². The molecule has 0 unspecified atom stereocenters. The molecule has 0 saturated carbocycles. The van der Waals surface area contributed by atoms with Gasteiger partial charge in [0, 0.05) is 22.0 Å². The molecule has 0 bridgehead atoms. The van der Waals surface area contributed by atoms with Gasteiger partial charge in [0.1, 0.15) is 0 Å². The number of hydrogen-bond donors (Lipinski definition) is 2. The van der Waals surface area contributed by atoms with Gasteiger partial charge in [-0.25, -0.2) is 13.2 Å². The summed E-state index contributed by atoms with van der Waals surface area (Å²) in [6.45, 7) is 0. The first-order valence-electron chi connectivity index (χ1n) is 8.67. The maximum Gasteiger partial charge on any atom is 0.337 e. The molecule has 3 aromatic carbocycles. The molecule has 0 aliphatic carbocycles. The first-order valence-corrected chi connectivity index (χ1v) is 10.5. The van der Waals surface area contributed by atoms with Gasteiger partial charge >= 0.3 is 5.97 Å². The van der Waals surface area contributed by atoms with Crippen LogP contribution in [0.2, 0.25) is 5.02 Å². The van der Waals surface area contributed by atoms with Crippen LogP contribution < -0.4 is 10.0 Å². The monoisotopic (exact) mass is 444 g/mol. The minimum Gasteiger partial charge on any atom is -0.465 e. The Balaban J connectivity index is 1.70. The average Bonchev–Trinajstić information content (AvgIpc) is 2.74. The number of ether oxygens (including phenoxy) is 1. The molecule has 0 fully saturated rings. The molecule has 0 spiro atoms. The zero-order valence-corrected chi connectivity index (χ0v) is 17.3. The molecule has 7 nitrogen and oxygen atoms in total. The fourth-order valence-electron chi connectivity index (χ4n) is 2.56. The molecular weight excluding hydrogens is 428 g/mol. The van der Waals surface area contributed by atoms with E-state index in [4.69, 9.17) is 11.6 Å². The molecule has 0 aromatic heterocycles. The molecule has 30 heavy (non-hydrogen) atoms. The first-order chi connectivity index (χ1) is 14.3. The molecule has 3 rings (SSSR count). The lowest BCUT2D eigenvalue weighted by atomic mass is 10.1. The largest absolute Gasteiger partial charge is 0.465 e. The van der Waals surface area contributed by atoms with Crippen LogP contribution in [0.1, 0.15) is 20.7 Å². The van der Waals surface area contributed by atoms with Crippen LogP contribution in [0.5, 0.6) is 0 Å². The van der Waals surface area contributed by atoms with Crippen LogP contribution in [0.4, 0.5) is 11.4 Å². The van der Waals surface area contributed by atoms with E-state index in [2.05, 4.69) is 14.8 Å². The van der Waals surface area contributed by atoms with Crippen LogP contribution in [-0.4, -0.2) is 27.4 Å². The number of esters is 1. The number of halogens is 1. The molecule has 0 aliphatic heterocycles. The second kappa shape index (κ2) is 8.98. The molecule has 2 N–H and O–H groups in total. The highest BCUT2D eigenvalue weighted by Crippen LogP contribution is 2.19. The van der Waals surface area contributed by atoms with Crippen molar-refractivity contribution in [2.75, 3.05) is 17.1 Å². The third kappa shape index (κ3) is 5.16. The van der Waals surface area contributed by atoms with E-state index in [1.807, 2.05) is 0 Å². The zero-order valence-electron chi connectivity index (χ0n) is 15.8. The number of hydrogen-bond acceptors (Lipinski definition) is 5. The number of carbonyl (C=O) groups excluding carboxylic acids is 2. The van der Waals surface area contributed by atoms with Crippen molar-refractivity contribution < 1.29 is 22.7 Å². The van der Waals surface area contributed by atoms with Crippen LogP contribution in [0, 0.1) is 0 Å². The Morgan fingerprint density at radius 1 is 0.867 bits per heavy atom. The first kappa shape index (κ1) is 21.4. The van der Waals surface area contributed by atoms with Crippen LogP contribution in [0.15, 0.2) is 77.7 Å². The molecular formula is C21H17ClN2O5S. The Kier molecular flexibility index (Phi) is 6.39. The molecule has 0 atom stereocenters. The van der Waals surface area contributed by atoms with Crippen LogP contribution in [0.3, 0.4) is 0 Å². The molecule has 0 aliphatic rings. The number of nitrogens with one attached hydrogen (secondary N) is 2. The predicted molar refractivity (Wildman–Crippen MR) is 114 cm³/mol. The van der Waals surface area contributed by atoms with Crippen LogP contribution in [0.25, 0.3) is 0 Å². The molecule has 9 heteroatoms. The fraction of sp³-hybridized carbons (Fsp3) is 0.0476. The van der Waals surface area contributed by atoms with Gasteiger partial charge in [-0.2, -0.15) is 0 Å². The number of amides is 1. The summed E-state index contributed by atoms with van der Waals surface area (Å²) >= 11 is 5.78. The summed E-state index contributed by atoms with van der Waals surface area (Å²) in [6, 6.07) is 18.0. The van der Waals surface area contributed by atoms with E-state index in [0.717, 1.165) is 0 Å². The summed E-state index contributed by atoms with van der Waals surface area (Å²) in [4.78, 5) is 24.1. The van der Waals surface area contributed by atoms with E-state index >= 15 is 0 Å². The second-order valence-corrected chi connectivity index (χ2v) is 8.28. The summed E-state index contributed by atoms with van der Waals surface area (Å²) < 4.78 is 31.9. The minimum atomic E-state index is -3.78. The molecule has 0 radical (unpaired) electrons. The Morgan fingerprint density at radius 3 is 2.17 bits per heavy atom. The molecule has 0 saturated heterocycles. The van der Waals surface area contributed by atoms with E-state index in [0.29, 0.717) is 27.5 Å². The van der Waals surface area contributed by atoms with Gasteiger partial charge in [-0.05, 0) is 66.7 Å². The molecule has 154 valence electrons. The normalized spacial score (nSPS) is 10.9. The van der Waals surface area contributed by atoms with E-state index in [9.17, 15) is 18.0 Å². The summed E-state index contributed by atoms with van der Waals surface area (Å²) in [6.07, 6.45) is 0. The zero-order chi connectivity index (χ0) is 21.7. The van der Waals surface area contributed by atoms with Crippen molar-refractivity contribution in [3.8, 4) is 0 Å². The second-order valence-electron chi connectivity index (χ2n) is 6.16. The lowest BCUT2D eigenvalue weighted by Gasteiger charge is -2.10. The topological polar surface area (TPSA) is 102 Å². The van der Waals surface area contributed by atoms with Crippen molar-refractivity contribution in [1.29, 1.82) is 0 Å². The highest BCUT2D eigenvalue weighted by atomic mass is 35.5. The van der Waals surface area contributed by atoms with Crippen molar-refractivity contribution in [3.63, 3.8) is 0 Å². The maximum atomic E-state index is 12.4. The van der Waals surface area contributed by atoms with Crippen molar-refractivity contribution in [1.82, 2.24) is 0 Å². The minimum absolute atomic E-state index is 0.0687. The van der Waals surface area contributed by atoms with E-state index in [1.165, 1.54) is 61.7 Å². The van der Waals surface area contributed by atoms with Crippen LogP contribution in [-0.2, 0) is 14.8 Å². The maximum absolute atomic E-state index is 12.4. The Morgan fingerprint density at radius 2 is 1.53 bits per heavy atom. The van der Waals surface area contributed by atoms with Crippen LogP contribution >= 0.6 is 11.6 Å². The molecule has 0 heterocycles. The van der Waals surface area contributed by atoms with Gasteiger partial charge < -0.3 is 10.1 Å². The highest BCUT2D eigenvalue weighted by molar-refractivity contribution is 7.92. The Labute approximate surface area is 178 Å². The van der Waals surface area contributed by atoms with E-state index < -0.39 is 21.9 Å². The number of benzene rings is 3. The third-order valence-corrected chi connectivity index (χ3v) is 5.71. The number of sulfonamides is 1. The summed E-state index contributed by atoms with van der Waals surface area (Å²) in [7, 11) is -2.51. The SMILES string of the molecule is COC(=O)c1cccc(NC(=O)c2ccc(NS(=O)(=O)c3ccc(Cl)cc3)cc2)c1. The number of anilines is 2. The lowest BCUT2D eigenvalue weighted by molar-refractivity contribution is 0.0600. The predicted octanol–water partition coefficient (Wildman–Crippen LogP) is 4.18. The number of rotatable bonds is 6. The van der Waals surface area contributed by atoms with Gasteiger partial charge in [0.2, 0.25) is 0 Å². The summed E-state index contributed by atoms with van der Waals surface area (Å²) in [5.41, 5.74) is 1.35. The molecule has 3 aromatic rings. The smallest absolute Gasteiger partial charge is 0.337 e. The lowest BCUT2D eigenvalue weighted by Crippen LogP contribution is -2.14. The van der Waals surface area contributed by atoms with Gasteiger partial charge in [0.15, 0.2) is 0 Å². The molecule has 1 amide bonds. The van der Waals surface area contributed by atoms with Crippen molar-refractivity contribution >= 4 is 44.9 Å². The van der Waals surface area contributed by atoms with Gasteiger partial charge in [0.05, 0.1) is 17.6 Å².